The first-order chi connectivity index (χ1) is 5.62. The van der Waals surface area contributed by atoms with Crippen molar-refractivity contribution in [2.75, 3.05) is 30.9 Å². The molecule has 3 N–H and O–H groups in total. The number of nitrogens with two attached hydrogens (primary N) is 1. The molecule has 0 saturated carbocycles. The normalized spacial score (nSPS) is 11.8. The van der Waals surface area contributed by atoms with Crippen molar-refractivity contribution in [1.29, 1.82) is 0 Å². The minimum Gasteiger partial charge on any atom is -0.329 e. The summed E-state index contributed by atoms with van der Waals surface area (Å²) >= 11 is 1.71. The molecule has 0 aromatic heterocycles. The van der Waals surface area contributed by atoms with Crippen LogP contribution in [0.2, 0.25) is 0 Å². The van der Waals surface area contributed by atoms with Crippen LogP contribution in [0.25, 0.3) is 0 Å². The van der Waals surface area contributed by atoms with Gasteiger partial charge in [-0.2, -0.15) is 11.8 Å². The number of hydrogen-bond donors (Lipinski definition) is 2. The second kappa shape index (κ2) is 6.71. The van der Waals surface area contributed by atoms with Gasteiger partial charge in [-0.15, -0.1) is 0 Å². The molecule has 0 saturated heterocycles. The van der Waals surface area contributed by atoms with E-state index in [0.29, 0.717) is 6.54 Å². The summed E-state index contributed by atoms with van der Waals surface area (Å²) in [6.07, 6.45) is 2.86. The van der Waals surface area contributed by atoms with Crippen molar-refractivity contribution in [2.24, 2.45) is 5.73 Å². The Kier molecular flexibility index (Phi) is 6.83. The smallest absolute Gasteiger partial charge is 0.212 e. The summed E-state index contributed by atoms with van der Waals surface area (Å²) in [5.74, 6) is 0.997. The third-order valence-corrected chi connectivity index (χ3v) is 3.35. The van der Waals surface area contributed by atoms with Gasteiger partial charge in [0.25, 0.3) is 0 Å². The zero-order chi connectivity index (χ0) is 9.45. The van der Waals surface area contributed by atoms with Crippen molar-refractivity contribution in [3.05, 3.63) is 0 Å². The van der Waals surface area contributed by atoms with Crippen LogP contribution in [0.3, 0.4) is 0 Å². The maximum atomic E-state index is 11.0. The second-order valence-corrected chi connectivity index (χ2v) is 5.26. The topological polar surface area (TPSA) is 72.2 Å². The van der Waals surface area contributed by atoms with Crippen LogP contribution in [-0.2, 0) is 10.0 Å². The standard InChI is InChI=1S/C6H16N2O2S2/c1-11-5-2-4-8-12(9,10)6-3-7/h8H,2-7H2,1H3. The van der Waals surface area contributed by atoms with Crippen molar-refractivity contribution >= 4 is 21.8 Å². The molecule has 0 aliphatic heterocycles. The van der Waals surface area contributed by atoms with E-state index in [-0.39, 0.29) is 12.3 Å². The Balaban J connectivity index is 3.48. The maximum Gasteiger partial charge on any atom is 0.212 e. The van der Waals surface area contributed by atoms with Gasteiger partial charge in [-0.3, -0.25) is 0 Å². The molecule has 0 fully saturated rings. The lowest BCUT2D eigenvalue weighted by atomic mass is 10.5. The van der Waals surface area contributed by atoms with Gasteiger partial charge in [-0.05, 0) is 18.4 Å². The molecule has 74 valence electrons. The van der Waals surface area contributed by atoms with Crippen LogP contribution in [0.4, 0.5) is 0 Å². The molecule has 6 heteroatoms. The van der Waals surface area contributed by atoms with E-state index in [4.69, 9.17) is 5.73 Å². The Labute approximate surface area is 78.3 Å². The quantitative estimate of drug-likeness (QED) is 0.564. The van der Waals surface area contributed by atoms with E-state index in [1.165, 1.54) is 0 Å². The molecule has 0 aromatic carbocycles. The molecule has 0 radical (unpaired) electrons. The molecular formula is C6H16N2O2S2. The summed E-state index contributed by atoms with van der Waals surface area (Å²) in [5, 5.41) is 0. The van der Waals surface area contributed by atoms with Gasteiger partial charge in [0.05, 0.1) is 5.75 Å². The maximum absolute atomic E-state index is 11.0. The van der Waals surface area contributed by atoms with E-state index in [1.54, 1.807) is 11.8 Å². The van der Waals surface area contributed by atoms with Gasteiger partial charge in [-0.1, -0.05) is 0 Å². The molecule has 12 heavy (non-hydrogen) atoms. The Morgan fingerprint density at radius 1 is 1.50 bits per heavy atom. The summed E-state index contributed by atoms with van der Waals surface area (Å²) in [7, 11) is -3.10. The molecule has 0 atom stereocenters. The van der Waals surface area contributed by atoms with E-state index < -0.39 is 10.0 Å². The second-order valence-electron chi connectivity index (χ2n) is 2.35. The van der Waals surface area contributed by atoms with Crippen LogP contribution < -0.4 is 10.5 Å². The minimum absolute atomic E-state index is 0.0201. The van der Waals surface area contributed by atoms with Gasteiger partial charge < -0.3 is 5.73 Å². The predicted molar refractivity (Wildman–Crippen MR) is 53.8 cm³/mol. The molecule has 0 spiro atoms. The lowest BCUT2D eigenvalue weighted by Gasteiger charge is -2.03. The fourth-order valence-corrected chi connectivity index (χ4v) is 2.01. The van der Waals surface area contributed by atoms with Crippen LogP contribution in [0.5, 0.6) is 0 Å². The van der Waals surface area contributed by atoms with Gasteiger partial charge in [0, 0.05) is 13.1 Å². The van der Waals surface area contributed by atoms with Crippen molar-refractivity contribution in [3.8, 4) is 0 Å². The predicted octanol–water partition coefficient (Wildman–Crippen LogP) is -0.382. The first-order valence-electron chi connectivity index (χ1n) is 3.78. The van der Waals surface area contributed by atoms with E-state index in [1.807, 2.05) is 6.26 Å². The Morgan fingerprint density at radius 2 is 2.17 bits per heavy atom. The number of thioether (sulfide) groups is 1. The fraction of sp³-hybridized carbons (Fsp3) is 1.00. The average Bonchev–Trinajstić information content (AvgIpc) is 1.98. The Bertz CT molecular complexity index is 192. The van der Waals surface area contributed by atoms with E-state index in [2.05, 4.69) is 4.72 Å². The molecule has 0 unspecified atom stereocenters. The first-order valence-corrected chi connectivity index (χ1v) is 6.83. The Morgan fingerprint density at radius 3 is 2.67 bits per heavy atom. The van der Waals surface area contributed by atoms with Crippen LogP contribution in [0.1, 0.15) is 6.42 Å². The Hall–Kier alpha value is 0.220. The number of sulfonamides is 1. The lowest BCUT2D eigenvalue weighted by Crippen LogP contribution is -2.30. The number of rotatable bonds is 7. The van der Waals surface area contributed by atoms with Gasteiger partial charge in [-0.25, -0.2) is 13.1 Å². The molecule has 0 amide bonds. The van der Waals surface area contributed by atoms with Gasteiger partial charge in [0.1, 0.15) is 0 Å². The van der Waals surface area contributed by atoms with Crippen molar-refractivity contribution in [3.63, 3.8) is 0 Å². The third kappa shape index (κ3) is 6.90. The molecular weight excluding hydrogens is 196 g/mol. The summed E-state index contributed by atoms with van der Waals surface area (Å²) in [4.78, 5) is 0. The molecule has 0 heterocycles. The van der Waals surface area contributed by atoms with Gasteiger partial charge >= 0.3 is 0 Å². The minimum atomic E-state index is -3.10. The molecule has 0 rings (SSSR count). The van der Waals surface area contributed by atoms with Crippen LogP contribution in [-0.4, -0.2) is 39.3 Å². The van der Waals surface area contributed by atoms with Crippen LogP contribution in [0, 0.1) is 0 Å². The zero-order valence-electron chi connectivity index (χ0n) is 7.25. The van der Waals surface area contributed by atoms with E-state index >= 15 is 0 Å². The zero-order valence-corrected chi connectivity index (χ0v) is 8.88. The van der Waals surface area contributed by atoms with Crippen molar-refractivity contribution in [1.82, 2.24) is 4.72 Å². The first kappa shape index (κ1) is 12.2. The lowest BCUT2D eigenvalue weighted by molar-refractivity contribution is 0.581. The highest BCUT2D eigenvalue weighted by atomic mass is 32.2. The van der Waals surface area contributed by atoms with Crippen molar-refractivity contribution < 1.29 is 8.42 Å². The highest BCUT2D eigenvalue weighted by Crippen LogP contribution is 1.94. The highest BCUT2D eigenvalue weighted by molar-refractivity contribution is 7.98. The summed E-state index contributed by atoms with van der Waals surface area (Å²) in [6, 6.07) is 0. The summed E-state index contributed by atoms with van der Waals surface area (Å²) < 4.78 is 24.5. The van der Waals surface area contributed by atoms with Gasteiger partial charge in [0.15, 0.2) is 0 Å². The van der Waals surface area contributed by atoms with Crippen LogP contribution in [0.15, 0.2) is 0 Å². The van der Waals surface area contributed by atoms with E-state index in [0.717, 1.165) is 12.2 Å². The number of hydrogen-bond acceptors (Lipinski definition) is 4. The molecule has 0 bridgehead atoms. The van der Waals surface area contributed by atoms with E-state index in [9.17, 15) is 8.42 Å². The molecule has 0 aliphatic rings. The molecule has 4 nitrogen and oxygen atoms in total. The van der Waals surface area contributed by atoms with Gasteiger partial charge in [0.2, 0.25) is 10.0 Å². The summed E-state index contributed by atoms with van der Waals surface area (Å²) in [6.45, 7) is 0.695. The van der Waals surface area contributed by atoms with Crippen molar-refractivity contribution in [2.45, 2.75) is 6.42 Å². The fourth-order valence-electron chi connectivity index (χ4n) is 0.671. The molecule has 0 aliphatic carbocycles. The number of nitrogens with one attached hydrogen (secondary N) is 1. The summed E-state index contributed by atoms with van der Waals surface area (Å²) in [5.41, 5.74) is 5.12. The molecule has 0 aromatic rings. The third-order valence-electron chi connectivity index (χ3n) is 1.23. The van der Waals surface area contributed by atoms with Crippen LogP contribution >= 0.6 is 11.8 Å². The monoisotopic (exact) mass is 212 g/mol. The SMILES string of the molecule is CSCCCNS(=O)(=O)CCN. The average molecular weight is 212 g/mol. The highest BCUT2D eigenvalue weighted by Gasteiger charge is 2.06. The largest absolute Gasteiger partial charge is 0.329 e.